The largest absolute Gasteiger partial charge is 0.459 e. The predicted octanol–water partition coefficient (Wildman–Crippen LogP) is 8.97. The highest BCUT2D eigenvalue weighted by molar-refractivity contribution is 6.35. The Kier molecular flexibility index (Phi) is 8.23. The molecule has 220 valence electrons. The lowest BCUT2D eigenvalue weighted by Gasteiger charge is -2.31. The second kappa shape index (κ2) is 11.6. The van der Waals surface area contributed by atoms with Crippen LogP contribution >= 0.6 is 23.2 Å². The summed E-state index contributed by atoms with van der Waals surface area (Å²) in [6.45, 7) is 5.54. The van der Waals surface area contributed by atoms with Gasteiger partial charge in [-0.1, -0.05) is 35.3 Å². The van der Waals surface area contributed by atoms with E-state index in [0.29, 0.717) is 27.0 Å². The average molecular weight is 616 g/mol. The van der Waals surface area contributed by atoms with Crippen molar-refractivity contribution in [1.82, 2.24) is 10.2 Å². The van der Waals surface area contributed by atoms with Crippen molar-refractivity contribution in [2.75, 3.05) is 13.1 Å². The molecule has 10 heteroatoms. The number of halogens is 4. The lowest BCUT2D eigenvalue weighted by atomic mass is 9.96. The van der Waals surface area contributed by atoms with Crippen LogP contribution in [0.5, 0.6) is 0 Å². The molecular weight excluding hydrogens is 585 g/mol. The Morgan fingerprint density at radius 1 is 0.929 bits per heavy atom. The van der Waals surface area contributed by atoms with Gasteiger partial charge in [-0.3, -0.25) is 4.79 Å². The molecule has 0 atom stereocenters. The smallest absolute Gasteiger partial charge is 0.408 e. The molecule has 4 aromatic rings. The van der Waals surface area contributed by atoms with E-state index in [1.54, 1.807) is 51.1 Å². The summed E-state index contributed by atoms with van der Waals surface area (Å²) < 4.78 is 38.6. The van der Waals surface area contributed by atoms with Crippen molar-refractivity contribution in [3.05, 3.63) is 82.0 Å². The van der Waals surface area contributed by atoms with Gasteiger partial charge in [0.1, 0.15) is 16.9 Å². The third kappa shape index (κ3) is 7.05. The lowest BCUT2D eigenvalue weighted by Crippen LogP contribution is -2.42. The first kappa shape index (κ1) is 29.9. The number of likely N-dealkylation sites (tertiary alicyclic amines) is 1. The van der Waals surface area contributed by atoms with Gasteiger partial charge in [-0.25, -0.2) is 13.6 Å². The third-order valence-corrected chi connectivity index (χ3v) is 7.33. The maximum atomic E-state index is 13.6. The maximum absolute atomic E-state index is 13.6. The van der Waals surface area contributed by atoms with Crippen LogP contribution in [0.3, 0.4) is 0 Å². The highest BCUT2D eigenvalue weighted by Crippen LogP contribution is 2.38. The molecule has 1 N–H and O–H groups in total. The SMILES string of the molecule is CC(C)(C)OC(=O)NCc1cc2cc(-c3ccc(C(=O)N4CCC(F)(F)CC4)cc3)cc(-c3cc(Cl)cc(Cl)c3)c2o1. The average Bonchev–Trinajstić information content (AvgIpc) is 3.33. The number of benzene rings is 3. The Morgan fingerprint density at radius 2 is 1.57 bits per heavy atom. The lowest BCUT2D eigenvalue weighted by molar-refractivity contribution is -0.0494. The summed E-state index contributed by atoms with van der Waals surface area (Å²) in [7, 11) is 0. The monoisotopic (exact) mass is 614 g/mol. The summed E-state index contributed by atoms with van der Waals surface area (Å²) >= 11 is 12.6. The van der Waals surface area contributed by atoms with E-state index in [1.165, 1.54) is 4.90 Å². The number of furan rings is 1. The Balaban J connectivity index is 1.46. The number of nitrogens with zero attached hydrogens (tertiary/aromatic N) is 1. The number of carbonyl (C=O) groups excluding carboxylic acids is 2. The van der Waals surface area contributed by atoms with Crippen LogP contribution in [-0.4, -0.2) is 41.5 Å². The molecule has 2 amide bonds. The fourth-order valence-corrected chi connectivity index (χ4v) is 5.41. The maximum Gasteiger partial charge on any atom is 0.408 e. The van der Waals surface area contributed by atoms with Gasteiger partial charge < -0.3 is 19.4 Å². The summed E-state index contributed by atoms with van der Waals surface area (Å²) in [4.78, 5) is 26.6. The second-order valence-electron chi connectivity index (χ2n) is 11.4. The molecule has 2 heterocycles. The van der Waals surface area contributed by atoms with Crippen molar-refractivity contribution in [2.45, 2.75) is 51.7 Å². The topological polar surface area (TPSA) is 71.8 Å². The van der Waals surface area contributed by atoms with Crippen molar-refractivity contribution in [3.63, 3.8) is 0 Å². The van der Waals surface area contributed by atoms with Crippen LogP contribution in [0.1, 0.15) is 49.7 Å². The molecule has 0 spiro atoms. The summed E-state index contributed by atoms with van der Waals surface area (Å²) in [5.74, 6) is -2.46. The van der Waals surface area contributed by atoms with Crippen LogP contribution in [0.15, 0.2) is 65.1 Å². The van der Waals surface area contributed by atoms with E-state index in [4.69, 9.17) is 32.4 Å². The minimum Gasteiger partial charge on any atom is -0.459 e. The molecule has 0 bridgehead atoms. The zero-order valence-corrected chi connectivity index (χ0v) is 24.9. The zero-order chi connectivity index (χ0) is 30.2. The first-order valence-corrected chi connectivity index (χ1v) is 14.3. The fraction of sp³-hybridized carbons (Fsp3) is 0.312. The molecule has 0 unspecified atom stereocenters. The van der Waals surface area contributed by atoms with Crippen molar-refractivity contribution < 1.29 is 27.5 Å². The quantitative estimate of drug-likeness (QED) is 0.243. The van der Waals surface area contributed by atoms with Gasteiger partial charge in [0, 0.05) is 52.5 Å². The van der Waals surface area contributed by atoms with E-state index in [9.17, 15) is 18.4 Å². The fourth-order valence-electron chi connectivity index (χ4n) is 4.88. The highest BCUT2D eigenvalue weighted by atomic mass is 35.5. The van der Waals surface area contributed by atoms with Gasteiger partial charge in [0.25, 0.3) is 11.8 Å². The molecule has 1 fully saturated rings. The number of rotatable bonds is 5. The van der Waals surface area contributed by atoms with Crippen LogP contribution in [0.4, 0.5) is 13.6 Å². The van der Waals surface area contributed by atoms with Gasteiger partial charge >= 0.3 is 6.09 Å². The summed E-state index contributed by atoms with van der Waals surface area (Å²) in [6.07, 6.45) is -1.21. The van der Waals surface area contributed by atoms with E-state index in [-0.39, 0.29) is 38.4 Å². The molecule has 1 aliphatic rings. The molecular formula is C32H30Cl2F2N2O4. The molecule has 0 aliphatic carbocycles. The summed E-state index contributed by atoms with van der Waals surface area (Å²) in [5, 5.41) is 4.43. The molecule has 0 saturated carbocycles. The number of carbonyl (C=O) groups is 2. The van der Waals surface area contributed by atoms with Gasteiger partial charge in [-0.05, 0) is 86.0 Å². The van der Waals surface area contributed by atoms with Crippen LogP contribution in [0.2, 0.25) is 10.0 Å². The van der Waals surface area contributed by atoms with E-state index in [1.807, 2.05) is 30.3 Å². The van der Waals surface area contributed by atoms with Crippen molar-refractivity contribution in [1.29, 1.82) is 0 Å². The van der Waals surface area contributed by atoms with Gasteiger partial charge in [0.2, 0.25) is 0 Å². The number of nitrogens with one attached hydrogen (secondary N) is 1. The third-order valence-electron chi connectivity index (χ3n) is 6.89. The number of amides is 2. The van der Waals surface area contributed by atoms with Crippen LogP contribution < -0.4 is 5.32 Å². The molecule has 3 aromatic carbocycles. The number of fused-ring (bicyclic) bond motifs is 1. The number of hydrogen-bond acceptors (Lipinski definition) is 4. The van der Waals surface area contributed by atoms with Gasteiger partial charge in [0.15, 0.2) is 0 Å². The molecule has 1 aromatic heterocycles. The number of ether oxygens (including phenoxy) is 1. The van der Waals surface area contributed by atoms with Crippen LogP contribution in [0, 0.1) is 0 Å². The molecule has 5 rings (SSSR count). The number of hydrogen-bond donors (Lipinski definition) is 1. The Hall–Kier alpha value is -3.62. The van der Waals surface area contributed by atoms with Crippen molar-refractivity contribution in [3.8, 4) is 22.3 Å². The number of alkyl carbamates (subject to hydrolysis) is 1. The van der Waals surface area contributed by atoms with E-state index in [2.05, 4.69) is 5.32 Å². The molecule has 1 saturated heterocycles. The van der Waals surface area contributed by atoms with Gasteiger partial charge in [0.05, 0.1) is 6.54 Å². The number of piperidine rings is 1. The van der Waals surface area contributed by atoms with Crippen molar-refractivity contribution in [2.24, 2.45) is 0 Å². The Bertz CT molecular complexity index is 1610. The summed E-state index contributed by atoms with van der Waals surface area (Å²) in [5.41, 5.74) is 3.56. The Morgan fingerprint density at radius 3 is 2.19 bits per heavy atom. The minimum atomic E-state index is -2.72. The van der Waals surface area contributed by atoms with E-state index < -0.39 is 17.6 Å². The first-order valence-electron chi connectivity index (χ1n) is 13.5. The molecule has 6 nitrogen and oxygen atoms in total. The minimum absolute atomic E-state index is 0.0292. The molecule has 42 heavy (non-hydrogen) atoms. The number of alkyl halides is 2. The van der Waals surface area contributed by atoms with Gasteiger partial charge in [-0.2, -0.15) is 0 Å². The summed E-state index contributed by atoms with van der Waals surface area (Å²) in [6, 6.07) is 18.0. The zero-order valence-electron chi connectivity index (χ0n) is 23.4. The first-order chi connectivity index (χ1) is 19.8. The van der Waals surface area contributed by atoms with Crippen LogP contribution in [0.25, 0.3) is 33.2 Å². The predicted molar refractivity (Wildman–Crippen MR) is 160 cm³/mol. The van der Waals surface area contributed by atoms with Crippen LogP contribution in [-0.2, 0) is 11.3 Å². The van der Waals surface area contributed by atoms with Crippen molar-refractivity contribution >= 4 is 46.2 Å². The van der Waals surface area contributed by atoms with Gasteiger partial charge in [-0.15, -0.1) is 0 Å². The molecule has 0 radical (unpaired) electrons. The second-order valence-corrected chi connectivity index (χ2v) is 12.3. The van der Waals surface area contributed by atoms with E-state index >= 15 is 0 Å². The standard InChI is InChI=1S/C32H30Cl2F2N2O4/c1-31(2,3)42-30(40)37-18-26-15-23-12-21(16-27(28(23)41-26)22-13-24(33)17-25(34)14-22)19-4-6-20(7-5-19)29(39)38-10-8-32(35,36)9-11-38/h4-7,12-17H,8-11,18H2,1-3H3,(H,37,40). The Labute approximate surface area is 252 Å². The highest BCUT2D eigenvalue weighted by Gasteiger charge is 2.35. The normalized spacial score (nSPS) is 15.1. The van der Waals surface area contributed by atoms with E-state index in [0.717, 1.165) is 27.6 Å². The molecule has 1 aliphatic heterocycles.